The van der Waals surface area contributed by atoms with E-state index in [1.807, 2.05) is 29.2 Å². The molecular formula is C25H26FN3O3S. The summed E-state index contributed by atoms with van der Waals surface area (Å²) in [4.78, 5) is 34.1. The third-order valence-corrected chi connectivity index (χ3v) is 6.76. The molecule has 1 aliphatic heterocycles. The molecule has 3 aromatic rings. The van der Waals surface area contributed by atoms with E-state index >= 15 is 0 Å². The lowest BCUT2D eigenvalue weighted by molar-refractivity contribution is -0.131. The van der Waals surface area contributed by atoms with Crippen LogP contribution in [0.25, 0.3) is 10.6 Å². The van der Waals surface area contributed by atoms with Crippen LogP contribution < -0.4 is 4.74 Å². The molecule has 1 saturated heterocycles. The van der Waals surface area contributed by atoms with Gasteiger partial charge in [-0.25, -0.2) is 9.37 Å². The number of nitrogens with zero attached hydrogens (tertiary/aromatic N) is 3. The minimum atomic E-state index is -0.357. The molecule has 0 bridgehead atoms. The molecule has 0 saturated carbocycles. The number of hydrogen-bond donors (Lipinski definition) is 0. The molecular weight excluding hydrogens is 441 g/mol. The molecule has 172 valence electrons. The lowest BCUT2D eigenvalue weighted by Gasteiger charge is -2.22. The van der Waals surface area contributed by atoms with Crippen LogP contribution in [0.1, 0.15) is 28.1 Å². The van der Waals surface area contributed by atoms with Gasteiger partial charge in [-0.1, -0.05) is 24.3 Å². The summed E-state index contributed by atoms with van der Waals surface area (Å²) in [6.07, 6.45) is 3.33. The molecule has 6 nitrogen and oxygen atoms in total. The van der Waals surface area contributed by atoms with E-state index in [1.165, 1.54) is 23.6 Å². The van der Waals surface area contributed by atoms with Gasteiger partial charge in [-0.05, 0) is 42.7 Å². The van der Waals surface area contributed by atoms with E-state index in [0.29, 0.717) is 54.5 Å². The van der Waals surface area contributed by atoms with Gasteiger partial charge < -0.3 is 14.5 Å². The number of amides is 2. The summed E-state index contributed by atoms with van der Waals surface area (Å²) in [5.74, 6) is 0.413. The van der Waals surface area contributed by atoms with Gasteiger partial charge in [-0.3, -0.25) is 9.59 Å². The smallest absolute Gasteiger partial charge is 0.265 e. The maximum atomic E-state index is 14.0. The summed E-state index contributed by atoms with van der Waals surface area (Å²) in [7, 11) is 1.63. The Bertz CT molecular complexity index is 1120. The molecule has 2 amide bonds. The second kappa shape index (κ2) is 10.6. The molecule has 0 radical (unpaired) electrons. The zero-order chi connectivity index (χ0) is 23.2. The number of aromatic nitrogens is 1. The molecule has 1 aromatic heterocycles. The Morgan fingerprint density at radius 2 is 1.76 bits per heavy atom. The Morgan fingerprint density at radius 1 is 1.03 bits per heavy atom. The zero-order valence-electron chi connectivity index (χ0n) is 18.5. The highest BCUT2D eigenvalue weighted by Crippen LogP contribution is 2.28. The Hall–Kier alpha value is -3.26. The van der Waals surface area contributed by atoms with Crippen LogP contribution in [-0.2, 0) is 11.2 Å². The predicted octanol–water partition coefficient (Wildman–Crippen LogP) is 4.27. The summed E-state index contributed by atoms with van der Waals surface area (Å²) >= 11 is 1.19. The Morgan fingerprint density at radius 3 is 2.52 bits per heavy atom. The van der Waals surface area contributed by atoms with Crippen molar-refractivity contribution in [3.63, 3.8) is 0 Å². The van der Waals surface area contributed by atoms with Gasteiger partial charge in [0.2, 0.25) is 5.91 Å². The van der Waals surface area contributed by atoms with Crippen LogP contribution in [0.3, 0.4) is 0 Å². The van der Waals surface area contributed by atoms with Gasteiger partial charge in [-0.15, -0.1) is 11.3 Å². The van der Waals surface area contributed by atoms with Crippen molar-refractivity contribution < 1.29 is 18.7 Å². The molecule has 0 spiro atoms. The first-order valence-electron chi connectivity index (χ1n) is 11.0. The van der Waals surface area contributed by atoms with Gasteiger partial charge in [0.05, 0.1) is 13.3 Å². The van der Waals surface area contributed by atoms with Crippen LogP contribution in [0.5, 0.6) is 5.75 Å². The number of halogens is 1. The van der Waals surface area contributed by atoms with Gasteiger partial charge >= 0.3 is 0 Å². The number of methoxy groups -OCH3 is 1. The molecule has 0 aliphatic carbocycles. The average molecular weight is 468 g/mol. The molecule has 0 N–H and O–H groups in total. The molecule has 4 rings (SSSR count). The van der Waals surface area contributed by atoms with E-state index in [2.05, 4.69) is 4.98 Å². The van der Waals surface area contributed by atoms with Gasteiger partial charge in [-0.2, -0.15) is 0 Å². The van der Waals surface area contributed by atoms with Gasteiger partial charge in [0.15, 0.2) is 0 Å². The quantitative estimate of drug-likeness (QED) is 0.543. The largest absolute Gasteiger partial charge is 0.497 e. The normalized spacial score (nSPS) is 14.1. The number of carbonyl (C=O) groups excluding carboxylic acids is 2. The maximum absolute atomic E-state index is 14.0. The molecule has 33 heavy (non-hydrogen) atoms. The first-order chi connectivity index (χ1) is 16.0. The van der Waals surface area contributed by atoms with Crippen LogP contribution in [0.15, 0.2) is 54.7 Å². The van der Waals surface area contributed by atoms with Crippen molar-refractivity contribution in [3.05, 3.63) is 71.0 Å². The maximum Gasteiger partial charge on any atom is 0.265 e. The van der Waals surface area contributed by atoms with Crippen molar-refractivity contribution >= 4 is 23.2 Å². The van der Waals surface area contributed by atoms with E-state index in [9.17, 15) is 14.0 Å². The van der Waals surface area contributed by atoms with Crippen molar-refractivity contribution in [1.29, 1.82) is 0 Å². The fourth-order valence-corrected chi connectivity index (χ4v) is 4.77. The predicted molar refractivity (Wildman–Crippen MR) is 126 cm³/mol. The Balaban J connectivity index is 1.32. The minimum absolute atomic E-state index is 0.0970. The van der Waals surface area contributed by atoms with Gasteiger partial charge in [0.25, 0.3) is 5.91 Å². The monoisotopic (exact) mass is 467 g/mol. The Labute approximate surface area is 196 Å². The standard InChI is InChI=1S/C25H26FN3O3S/c1-32-19-10-7-18(8-11-19)9-12-23(30)28-13-4-14-29(16-15-28)25(31)22-17-27-24(33-22)20-5-2-3-6-21(20)26/h2-3,5-8,10-11,17H,4,9,12-16H2,1H3. The summed E-state index contributed by atoms with van der Waals surface area (Å²) in [6, 6.07) is 14.1. The molecule has 8 heteroatoms. The average Bonchev–Trinajstić information content (AvgIpc) is 3.20. The van der Waals surface area contributed by atoms with Crippen LogP contribution in [0.4, 0.5) is 4.39 Å². The molecule has 2 aromatic carbocycles. The fourth-order valence-electron chi connectivity index (χ4n) is 3.86. The van der Waals surface area contributed by atoms with Crippen LogP contribution in [-0.4, -0.2) is 59.9 Å². The van der Waals surface area contributed by atoms with E-state index < -0.39 is 0 Å². The molecule has 2 heterocycles. The van der Waals surface area contributed by atoms with Crippen molar-refractivity contribution in [2.45, 2.75) is 19.3 Å². The lowest BCUT2D eigenvalue weighted by Crippen LogP contribution is -2.37. The number of ether oxygens (including phenoxy) is 1. The topological polar surface area (TPSA) is 62.7 Å². The van der Waals surface area contributed by atoms with Crippen LogP contribution >= 0.6 is 11.3 Å². The summed E-state index contributed by atoms with van der Waals surface area (Å²) in [5, 5.41) is 0.488. The van der Waals surface area contributed by atoms with Crippen LogP contribution in [0, 0.1) is 5.82 Å². The molecule has 0 unspecified atom stereocenters. The number of aryl methyl sites for hydroxylation is 1. The first-order valence-corrected chi connectivity index (χ1v) is 11.8. The van der Waals surface area contributed by atoms with E-state index in [0.717, 1.165) is 17.7 Å². The van der Waals surface area contributed by atoms with E-state index in [-0.39, 0.29) is 17.6 Å². The molecule has 1 fully saturated rings. The van der Waals surface area contributed by atoms with Crippen molar-refractivity contribution in [3.8, 4) is 16.3 Å². The van der Waals surface area contributed by atoms with Crippen molar-refractivity contribution in [1.82, 2.24) is 14.8 Å². The Kier molecular flexibility index (Phi) is 7.34. The number of rotatable bonds is 6. The third-order valence-electron chi connectivity index (χ3n) is 5.74. The highest BCUT2D eigenvalue weighted by molar-refractivity contribution is 7.16. The number of thiazole rings is 1. The number of hydrogen-bond acceptors (Lipinski definition) is 5. The number of carbonyl (C=O) groups is 2. The van der Waals surface area contributed by atoms with Crippen molar-refractivity contribution in [2.24, 2.45) is 0 Å². The fraction of sp³-hybridized carbons (Fsp3) is 0.320. The number of benzene rings is 2. The van der Waals surface area contributed by atoms with Gasteiger partial charge in [0, 0.05) is 38.2 Å². The highest BCUT2D eigenvalue weighted by atomic mass is 32.1. The molecule has 0 atom stereocenters. The lowest BCUT2D eigenvalue weighted by atomic mass is 10.1. The van der Waals surface area contributed by atoms with Crippen molar-refractivity contribution in [2.75, 3.05) is 33.3 Å². The zero-order valence-corrected chi connectivity index (χ0v) is 19.3. The first kappa shape index (κ1) is 22.9. The van der Waals surface area contributed by atoms with E-state index in [4.69, 9.17) is 4.74 Å². The summed E-state index contributed by atoms with van der Waals surface area (Å²) < 4.78 is 19.2. The second-order valence-electron chi connectivity index (χ2n) is 7.88. The SMILES string of the molecule is COc1ccc(CCC(=O)N2CCCN(C(=O)c3cnc(-c4ccccc4F)s3)CC2)cc1. The summed E-state index contributed by atoms with van der Waals surface area (Å²) in [5.41, 5.74) is 1.48. The van der Waals surface area contributed by atoms with Gasteiger partial charge in [0.1, 0.15) is 21.5 Å². The minimum Gasteiger partial charge on any atom is -0.497 e. The third kappa shape index (κ3) is 5.57. The second-order valence-corrected chi connectivity index (χ2v) is 8.91. The summed E-state index contributed by atoms with van der Waals surface area (Å²) in [6.45, 7) is 2.19. The highest BCUT2D eigenvalue weighted by Gasteiger charge is 2.24. The van der Waals surface area contributed by atoms with Crippen LogP contribution in [0.2, 0.25) is 0 Å². The van der Waals surface area contributed by atoms with E-state index in [1.54, 1.807) is 30.2 Å². The molecule has 1 aliphatic rings.